The third-order valence-electron chi connectivity index (χ3n) is 3.62. The Kier molecular flexibility index (Phi) is 5.25. The number of furan rings is 1. The number of halogens is 1. The SMILES string of the molecule is Cc1cc(C(=O)NOCCCc2ccco2)nn1-c1ccccc1F. The Bertz CT molecular complexity index is 843. The van der Waals surface area contributed by atoms with Crippen LogP contribution in [0, 0.1) is 12.7 Å². The first-order chi connectivity index (χ1) is 12.1. The summed E-state index contributed by atoms with van der Waals surface area (Å²) in [5, 5.41) is 4.15. The van der Waals surface area contributed by atoms with E-state index < -0.39 is 11.7 Å². The summed E-state index contributed by atoms with van der Waals surface area (Å²) in [5.41, 5.74) is 3.44. The number of nitrogens with zero attached hydrogens (tertiary/aromatic N) is 2. The minimum atomic E-state index is -0.476. The summed E-state index contributed by atoms with van der Waals surface area (Å²) >= 11 is 0. The summed E-state index contributed by atoms with van der Waals surface area (Å²) in [5.74, 6) is -0.0137. The zero-order valence-electron chi connectivity index (χ0n) is 13.7. The number of benzene rings is 1. The lowest BCUT2D eigenvalue weighted by atomic mass is 10.3. The summed E-state index contributed by atoms with van der Waals surface area (Å²) in [6.45, 7) is 2.10. The van der Waals surface area contributed by atoms with Crippen molar-refractivity contribution in [2.75, 3.05) is 6.61 Å². The molecular weight excluding hydrogens is 325 g/mol. The van der Waals surface area contributed by atoms with Crippen LogP contribution in [0.4, 0.5) is 4.39 Å². The van der Waals surface area contributed by atoms with Crippen LogP contribution >= 0.6 is 0 Å². The highest BCUT2D eigenvalue weighted by Crippen LogP contribution is 2.15. The van der Waals surface area contributed by atoms with Crippen molar-refractivity contribution in [3.05, 3.63) is 71.7 Å². The van der Waals surface area contributed by atoms with Gasteiger partial charge in [-0.05, 0) is 43.7 Å². The topological polar surface area (TPSA) is 69.3 Å². The van der Waals surface area contributed by atoms with Gasteiger partial charge in [-0.2, -0.15) is 5.10 Å². The Morgan fingerprint density at radius 3 is 2.92 bits per heavy atom. The van der Waals surface area contributed by atoms with Crippen LogP contribution in [0.3, 0.4) is 0 Å². The molecule has 0 spiro atoms. The highest BCUT2D eigenvalue weighted by Gasteiger charge is 2.15. The molecule has 1 aromatic carbocycles. The Hall–Kier alpha value is -2.93. The molecule has 0 saturated heterocycles. The fourth-order valence-corrected chi connectivity index (χ4v) is 2.40. The average Bonchev–Trinajstić information content (AvgIpc) is 3.25. The number of hydrogen-bond acceptors (Lipinski definition) is 4. The number of carbonyl (C=O) groups is 1. The smallest absolute Gasteiger partial charge is 0.295 e. The molecule has 0 aliphatic heterocycles. The number of rotatable bonds is 7. The summed E-state index contributed by atoms with van der Waals surface area (Å²) in [7, 11) is 0. The molecule has 3 rings (SSSR count). The number of nitrogens with one attached hydrogen (secondary N) is 1. The summed E-state index contributed by atoms with van der Waals surface area (Å²) in [6, 6.07) is 11.5. The number of carbonyl (C=O) groups excluding carboxylic acids is 1. The van der Waals surface area contributed by atoms with Crippen molar-refractivity contribution < 1.29 is 18.4 Å². The molecule has 25 heavy (non-hydrogen) atoms. The van der Waals surface area contributed by atoms with Gasteiger partial charge in [0.15, 0.2) is 5.69 Å². The maximum atomic E-state index is 13.9. The lowest BCUT2D eigenvalue weighted by molar-refractivity contribution is 0.0297. The van der Waals surface area contributed by atoms with E-state index in [0.717, 1.165) is 12.2 Å². The van der Waals surface area contributed by atoms with Crippen molar-refractivity contribution in [2.24, 2.45) is 0 Å². The van der Waals surface area contributed by atoms with Crippen molar-refractivity contribution >= 4 is 5.91 Å². The van der Waals surface area contributed by atoms with Gasteiger partial charge in [-0.15, -0.1) is 0 Å². The van der Waals surface area contributed by atoms with Crippen LogP contribution < -0.4 is 5.48 Å². The first-order valence-corrected chi connectivity index (χ1v) is 7.91. The van der Waals surface area contributed by atoms with Gasteiger partial charge >= 0.3 is 0 Å². The molecular formula is C18H18FN3O3. The zero-order valence-corrected chi connectivity index (χ0v) is 13.7. The third-order valence-corrected chi connectivity index (χ3v) is 3.62. The fraction of sp³-hybridized carbons (Fsp3) is 0.222. The molecule has 3 aromatic rings. The predicted octanol–water partition coefficient (Wildman–Crippen LogP) is 3.21. The van der Waals surface area contributed by atoms with Crippen LogP contribution in [0.1, 0.15) is 28.4 Å². The minimum Gasteiger partial charge on any atom is -0.469 e. The highest BCUT2D eigenvalue weighted by atomic mass is 19.1. The monoisotopic (exact) mass is 343 g/mol. The van der Waals surface area contributed by atoms with E-state index in [1.54, 1.807) is 37.5 Å². The molecule has 0 aliphatic rings. The van der Waals surface area contributed by atoms with Gasteiger partial charge in [-0.1, -0.05) is 12.1 Å². The van der Waals surface area contributed by atoms with Crippen molar-refractivity contribution in [3.63, 3.8) is 0 Å². The van der Waals surface area contributed by atoms with Crippen LogP contribution in [0.25, 0.3) is 5.69 Å². The maximum absolute atomic E-state index is 13.9. The number of hydrogen-bond donors (Lipinski definition) is 1. The summed E-state index contributed by atoms with van der Waals surface area (Å²) < 4.78 is 20.5. The molecule has 0 unspecified atom stereocenters. The Morgan fingerprint density at radius 1 is 1.32 bits per heavy atom. The quantitative estimate of drug-likeness (QED) is 0.528. The van der Waals surface area contributed by atoms with E-state index >= 15 is 0 Å². The zero-order chi connectivity index (χ0) is 17.6. The lowest BCUT2D eigenvalue weighted by Crippen LogP contribution is -2.25. The second-order valence-corrected chi connectivity index (χ2v) is 5.50. The molecule has 0 bridgehead atoms. The van der Waals surface area contributed by atoms with E-state index in [0.29, 0.717) is 24.4 Å². The largest absolute Gasteiger partial charge is 0.469 e. The number of aromatic nitrogens is 2. The second kappa shape index (κ2) is 7.76. The molecule has 0 aliphatic carbocycles. The van der Waals surface area contributed by atoms with Gasteiger partial charge in [-0.3, -0.25) is 9.63 Å². The van der Waals surface area contributed by atoms with Gasteiger partial charge in [-0.25, -0.2) is 14.6 Å². The van der Waals surface area contributed by atoms with Crippen molar-refractivity contribution in [3.8, 4) is 5.69 Å². The summed E-state index contributed by atoms with van der Waals surface area (Å²) in [6.07, 6.45) is 3.05. The highest BCUT2D eigenvalue weighted by molar-refractivity contribution is 5.91. The van der Waals surface area contributed by atoms with Crippen LogP contribution in [0.2, 0.25) is 0 Å². The molecule has 1 amide bonds. The lowest BCUT2D eigenvalue weighted by Gasteiger charge is -2.05. The van der Waals surface area contributed by atoms with Gasteiger partial charge < -0.3 is 4.42 Å². The van der Waals surface area contributed by atoms with Crippen LogP contribution in [-0.2, 0) is 11.3 Å². The van der Waals surface area contributed by atoms with Gasteiger partial charge in [0.2, 0.25) is 0 Å². The van der Waals surface area contributed by atoms with E-state index in [-0.39, 0.29) is 5.69 Å². The Morgan fingerprint density at radius 2 is 2.16 bits per heavy atom. The molecule has 0 atom stereocenters. The van der Waals surface area contributed by atoms with Gasteiger partial charge in [0.05, 0.1) is 12.9 Å². The third kappa shape index (κ3) is 4.13. The van der Waals surface area contributed by atoms with E-state index in [1.807, 2.05) is 12.1 Å². The Balaban J connectivity index is 1.54. The van der Waals surface area contributed by atoms with Gasteiger partial charge in [0, 0.05) is 12.1 Å². The molecule has 130 valence electrons. The number of hydroxylamine groups is 1. The number of para-hydroxylation sites is 1. The first-order valence-electron chi connectivity index (χ1n) is 7.91. The van der Waals surface area contributed by atoms with Crippen molar-refractivity contribution in [1.29, 1.82) is 0 Å². The maximum Gasteiger partial charge on any atom is 0.295 e. The van der Waals surface area contributed by atoms with E-state index in [2.05, 4.69) is 10.6 Å². The van der Waals surface area contributed by atoms with E-state index in [9.17, 15) is 9.18 Å². The Labute approximate surface area is 144 Å². The fourth-order valence-electron chi connectivity index (χ4n) is 2.40. The standard InChI is InChI=1S/C18H18FN3O3/c1-13-12-16(20-22(13)17-9-3-2-8-15(17)19)18(23)21-25-11-5-7-14-6-4-10-24-14/h2-4,6,8-10,12H,5,7,11H2,1H3,(H,21,23). The predicted molar refractivity (Wildman–Crippen MR) is 88.7 cm³/mol. The molecule has 0 saturated carbocycles. The molecule has 0 radical (unpaired) electrons. The minimum absolute atomic E-state index is 0.159. The normalized spacial score (nSPS) is 10.8. The molecule has 2 heterocycles. The van der Waals surface area contributed by atoms with Crippen LogP contribution in [0.15, 0.2) is 53.1 Å². The van der Waals surface area contributed by atoms with Crippen LogP contribution in [0.5, 0.6) is 0 Å². The van der Waals surface area contributed by atoms with Gasteiger partial charge in [0.25, 0.3) is 5.91 Å². The van der Waals surface area contributed by atoms with Gasteiger partial charge in [0.1, 0.15) is 17.3 Å². The second-order valence-electron chi connectivity index (χ2n) is 5.50. The van der Waals surface area contributed by atoms with Crippen molar-refractivity contribution in [1.82, 2.24) is 15.3 Å². The summed E-state index contributed by atoms with van der Waals surface area (Å²) in [4.78, 5) is 17.3. The average molecular weight is 343 g/mol. The van der Waals surface area contributed by atoms with Crippen LogP contribution in [-0.4, -0.2) is 22.3 Å². The molecule has 2 aromatic heterocycles. The first kappa shape index (κ1) is 16.9. The van der Waals surface area contributed by atoms with E-state index in [1.165, 1.54) is 10.7 Å². The molecule has 1 N–H and O–H groups in total. The number of amides is 1. The van der Waals surface area contributed by atoms with Crippen molar-refractivity contribution in [2.45, 2.75) is 19.8 Å². The molecule has 6 nitrogen and oxygen atoms in total. The number of aryl methyl sites for hydroxylation is 2. The molecule has 7 heteroatoms. The molecule has 0 fully saturated rings. The van der Waals surface area contributed by atoms with E-state index in [4.69, 9.17) is 9.25 Å².